The SMILES string of the molecule is CCS(=O)(=O)CCNc1ccc2ncccc2c1N. The monoisotopic (exact) mass is 279 g/mol. The number of fused-ring (bicyclic) bond motifs is 1. The number of nitrogen functional groups attached to an aromatic ring is 1. The number of pyridine rings is 1. The van der Waals surface area contributed by atoms with E-state index in [-0.39, 0.29) is 11.5 Å². The fourth-order valence-electron chi connectivity index (χ4n) is 1.81. The predicted octanol–water partition coefficient (Wildman–Crippen LogP) is 1.66. The lowest BCUT2D eigenvalue weighted by Crippen LogP contribution is -2.17. The first-order chi connectivity index (χ1) is 9.03. The first-order valence-corrected chi connectivity index (χ1v) is 7.93. The normalized spacial score (nSPS) is 11.6. The number of benzene rings is 1. The van der Waals surface area contributed by atoms with Crippen molar-refractivity contribution in [2.45, 2.75) is 6.92 Å². The van der Waals surface area contributed by atoms with Crippen molar-refractivity contribution in [3.05, 3.63) is 30.5 Å². The molecule has 0 radical (unpaired) electrons. The van der Waals surface area contributed by atoms with Gasteiger partial charge in [0.15, 0.2) is 9.84 Å². The summed E-state index contributed by atoms with van der Waals surface area (Å²) in [6.07, 6.45) is 1.71. The Bertz CT molecular complexity index is 683. The number of hydrogen-bond donors (Lipinski definition) is 2. The summed E-state index contributed by atoms with van der Waals surface area (Å²) in [7, 11) is -2.96. The molecule has 3 N–H and O–H groups in total. The van der Waals surface area contributed by atoms with E-state index >= 15 is 0 Å². The summed E-state index contributed by atoms with van der Waals surface area (Å²) in [6.45, 7) is 2.00. The Morgan fingerprint density at radius 2 is 2.11 bits per heavy atom. The van der Waals surface area contributed by atoms with E-state index in [1.165, 1.54) is 0 Å². The van der Waals surface area contributed by atoms with Gasteiger partial charge in [-0.05, 0) is 24.3 Å². The van der Waals surface area contributed by atoms with Crippen molar-refractivity contribution in [3.8, 4) is 0 Å². The Hall–Kier alpha value is -1.82. The van der Waals surface area contributed by atoms with Crippen LogP contribution in [0.1, 0.15) is 6.92 Å². The summed E-state index contributed by atoms with van der Waals surface area (Å²) < 4.78 is 22.8. The molecule has 0 amide bonds. The van der Waals surface area contributed by atoms with E-state index in [0.29, 0.717) is 12.2 Å². The molecular formula is C13H17N3O2S. The zero-order valence-electron chi connectivity index (χ0n) is 10.8. The molecule has 0 spiro atoms. The lowest BCUT2D eigenvalue weighted by molar-refractivity contribution is 0.597. The van der Waals surface area contributed by atoms with E-state index in [0.717, 1.165) is 16.6 Å². The maximum atomic E-state index is 11.4. The van der Waals surface area contributed by atoms with Gasteiger partial charge in [0.25, 0.3) is 0 Å². The lowest BCUT2D eigenvalue weighted by Gasteiger charge is -2.11. The molecule has 5 nitrogen and oxygen atoms in total. The van der Waals surface area contributed by atoms with Gasteiger partial charge in [-0.2, -0.15) is 0 Å². The molecule has 0 aliphatic rings. The van der Waals surface area contributed by atoms with Crippen LogP contribution < -0.4 is 11.1 Å². The molecule has 19 heavy (non-hydrogen) atoms. The number of aromatic nitrogens is 1. The quantitative estimate of drug-likeness (QED) is 0.813. The third kappa shape index (κ3) is 3.14. The van der Waals surface area contributed by atoms with Gasteiger partial charge in [-0.25, -0.2) is 8.42 Å². The molecule has 2 aromatic rings. The zero-order chi connectivity index (χ0) is 13.9. The van der Waals surface area contributed by atoms with Crippen LogP contribution in [0, 0.1) is 0 Å². The summed E-state index contributed by atoms with van der Waals surface area (Å²) >= 11 is 0. The van der Waals surface area contributed by atoms with Crippen LogP contribution in [0.4, 0.5) is 11.4 Å². The largest absolute Gasteiger partial charge is 0.397 e. The molecule has 0 bridgehead atoms. The highest BCUT2D eigenvalue weighted by atomic mass is 32.2. The highest BCUT2D eigenvalue weighted by Crippen LogP contribution is 2.27. The van der Waals surface area contributed by atoms with Crippen LogP contribution in [0.2, 0.25) is 0 Å². The van der Waals surface area contributed by atoms with Crippen LogP contribution in [0.25, 0.3) is 10.9 Å². The number of nitrogens with one attached hydrogen (secondary N) is 1. The average molecular weight is 279 g/mol. The molecule has 0 aliphatic carbocycles. The minimum atomic E-state index is -2.96. The average Bonchev–Trinajstić information content (AvgIpc) is 2.42. The lowest BCUT2D eigenvalue weighted by atomic mass is 10.1. The standard InChI is InChI=1S/C13H17N3O2S/c1-2-19(17,18)9-8-16-12-6-5-11-10(13(12)14)4-3-7-15-11/h3-7,16H,2,8-9,14H2,1H3. The highest BCUT2D eigenvalue weighted by Gasteiger charge is 2.08. The number of sulfone groups is 1. The van der Waals surface area contributed by atoms with E-state index in [2.05, 4.69) is 10.3 Å². The van der Waals surface area contributed by atoms with Crippen LogP contribution in [0.15, 0.2) is 30.5 Å². The molecular weight excluding hydrogens is 262 g/mol. The van der Waals surface area contributed by atoms with Gasteiger partial charge in [-0.1, -0.05) is 6.92 Å². The van der Waals surface area contributed by atoms with Crippen LogP contribution in [0.3, 0.4) is 0 Å². The second-order valence-electron chi connectivity index (χ2n) is 4.26. The van der Waals surface area contributed by atoms with Gasteiger partial charge in [-0.3, -0.25) is 4.98 Å². The molecule has 1 aromatic carbocycles. The Balaban J connectivity index is 2.16. The van der Waals surface area contributed by atoms with Crippen LogP contribution in [0.5, 0.6) is 0 Å². The summed E-state index contributed by atoms with van der Waals surface area (Å²) in [5.41, 5.74) is 8.21. The second-order valence-corrected chi connectivity index (χ2v) is 6.73. The third-order valence-electron chi connectivity index (χ3n) is 3.00. The maximum absolute atomic E-state index is 11.4. The Morgan fingerprint density at radius 3 is 2.84 bits per heavy atom. The fourth-order valence-corrected chi connectivity index (χ4v) is 2.52. The van der Waals surface area contributed by atoms with Gasteiger partial charge in [0, 0.05) is 23.9 Å². The van der Waals surface area contributed by atoms with Crippen LogP contribution in [-0.2, 0) is 9.84 Å². The molecule has 0 aliphatic heterocycles. The highest BCUT2D eigenvalue weighted by molar-refractivity contribution is 7.91. The van der Waals surface area contributed by atoms with Crippen LogP contribution in [-0.4, -0.2) is 31.5 Å². The Morgan fingerprint density at radius 1 is 1.32 bits per heavy atom. The molecule has 0 fully saturated rings. The minimum Gasteiger partial charge on any atom is -0.397 e. The first kappa shape index (κ1) is 13.6. The summed E-state index contributed by atoms with van der Waals surface area (Å²) in [5.74, 6) is 0.264. The van der Waals surface area contributed by atoms with Gasteiger partial charge in [0.05, 0.1) is 22.6 Å². The maximum Gasteiger partial charge on any atom is 0.151 e. The van der Waals surface area contributed by atoms with Gasteiger partial charge in [-0.15, -0.1) is 0 Å². The number of nitrogens with two attached hydrogens (primary N) is 1. The van der Waals surface area contributed by atoms with Crippen LogP contribution >= 0.6 is 0 Å². The molecule has 0 saturated heterocycles. The van der Waals surface area contributed by atoms with Gasteiger partial charge in [0.1, 0.15) is 0 Å². The summed E-state index contributed by atoms with van der Waals surface area (Å²) in [6, 6.07) is 7.40. The smallest absolute Gasteiger partial charge is 0.151 e. The van der Waals surface area contributed by atoms with E-state index in [9.17, 15) is 8.42 Å². The molecule has 0 unspecified atom stereocenters. The van der Waals surface area contributed by atoms with Crippen molar-refractivity contribution in [1.29, 1.82) is 0 Å². The molecule has 2 rings (SSSR count). The second kappa shape index (κ2) is 5.44. The fraction of sp³-hybridized carbons (Fsp3) is 0.308. The van der Waals surface area contributed by atoms with Crippen molar-refractivity contribution >= 4 is 32.1 Å². The Kier molecular flexibility index (Phi) is 3.90. The molecule has 1 aromatic heterocycles. The van der Waals surface area contributed by atoms with E-state index in [4.69, 9.17) is 5.73 Å². The number of rotatable bonds is 5. The number of hydrogen-bond acceptors (Lipinski definition) is 5. The molecule has 1 heterocycles. The predicted molar refractivity (Wildman–Crippen MR) is 79.0 cm³/mol. The van der Waals surface area contributed by atoms with Crippen molar-refractivity contribution in [1.82, 2.24) is 4.98 Å². The van der Waals surface area contributed by atoms with Crippen molar-refractivity contribution in [2.24, 2.45) is 0 Å². The molecule has 102 valence electrons. The molecule has 0 saturated carbocycles. The Labute approximate surface area is 112 Å². The minimum absolute atomic E-state index is 0.105. The van der Waals surface area contributed by atoms with E-state index in [1.54, 1.807) is 13.1 Å². The zero-order valence-corrected chi connectivity index (χ0v) is 11.6. The van der Waals surface area contributed by atoms with Crippen molar-refractivity contribution in [2.75, 3.05) is 29.1 Å². The van der Waals surface area contributed by atoms with Gasteiger partial charge < -0.3 is 11.1 Å². The molecule has 0 atom stereocenters. The van der Waals surface area contributed by atoms with Crippen molar-refractivity contribution in [3.63, 3.8) is 0 Å². The third-order valence-corrected chi connectivity index (χ3v) is 4.70. The van der Waals surface area contributed by atoms with E-state index < -0.39 is 9.84 Å². The first-order valence-electron chi connectivity index (χ1n) is 6.11. The van der Waals surface area contributed by atoms with Gasteiger partial charge in [0.2, 0.25) is 0 Å². The summed E-state index contributed by atoms with van der Waals surface area (Å²) in [4.78, 5) is 4.21. The number of nitrogens with zero attached hydrogens (tertiary/aromatic N) is 1. The molecule has 6 heteroatoms. The van der Waals surface area contributed by atoms with Gasteiger partial charge >= 0.3 is 0 Å². The summed E-state index contributed by atoms with van der Waals surface area (Å²) in [5, 5.41) is 3.93. The van der Waals surface area contributed by atoms with E-state index in [1.807, 2.05) is 24.3 Å². The number of anilines is 2. The van der Waals surface area contributed by atoms with Crippen molar-refractivity contribution < 1.29 is 8.42 Å². The topological polar surface area (TPSA) is 85.1 Å².